The number of amides is 1. The summed E-state index contributed by atoms with van der Waals surface area (Å²) < 4.78 is 5.80. The monoisotopic (exact) mass is 276 g/mol. The molecule has 0 aromatic heterocycles. The summed E-state index contributed by atoms with van der Waals surface area (Å²) in [4.78, 5) is 14.3. The number of nitrogens with zero attached hydrogens (tertiary/aromatic N) is 1. The Labute approximate surface area is 121 Å². The van der Waals surface area contributed by atoms with E-state index in [0.717, 1.165) is 18.7 Å². The van der Waals surface area contributed by atoms with Crippen LogP contribution in [0.2, 0.25) is 0 Å². The van der Waals surface area contributed by atoms with Crippen molar-refractivity contribution in [3.8, 4) is 0 Å². The highest BCUT2D eigenvalue weighted by molar-refractivity contribution is 5.78. The Hall–Kier alpha value is -1.39. The first-order valence-corrected chi connectivity index (χ1v) is 7.38. The van der Waals surface area contributed by atoms with Gasteiger partial charge in [-0.2, -0.15) is 0 Å². The molecule has 0 spiro atoms. The third kappa shape index (κ3) is 3.81. The van der Waals surface area contributed by atoms with E-state index in [-0.39, 0.29) is 17.9 Å². The number of nitrogens with one attached hydrogen (secondary N) is 1. The van der Waals surface area contributed by atoms with Crippen LogP contribution in [0.3, 0.4) is 0 Å². The van der Waals surface area contributed by atoms with E-state index in [9.17, 15) is 4.79 Å². The highest BCUT2D eigenvalue weighted by atomic mass is 16.5. The van der Waals surface area contributed by atoms with Gasteiger partial charge in [-0.1, -0.05) is 44.2 Å². The fourth-order valence-corrected chi connectivity index (χ4v) is 2.48. The summed E-state index contributed by atoms with van der Waals surface area (Å²) in [6, 6.07) is 10.1. The average Bonchev–Trinajstić information content (AvgIpc) is 2.53. The van der Waals surface area contributed by atoms with Crippen molar-refractivity contribution in [3.63, 3.8) is 0 Å². The van der Waals surface area contributed by atoms with Crippen molar-refractivity contribution in [2.75, 3.05) is 32.8 Å². The second kappa shape index (κ2) is 7.41. The van der Waals surface area contributed by atoms with E-state index < -0.39 is 0 Å². The minimum Gasteiger partial charge on any atom is -0.370 e. The van der Waals surface area contributed by atoms with Crippen LogP contribution in [0.25, 0.3) is 0 Å². The molecule has 0 aliphatic carbocycles. The summed E-state index contributed by atoms with van der Waals surface area (Å²) in [6.45, 7) is 7.63. The minimum atomic E-state index is 0.000217. The van der Waals surface area contributed by atoms with Crippen LogP contribution in [0, 0.1) is 5.92 Å². The Balaban J connectivity index is 1.95. The molecule has 0 bridgehead atoms. The molecule has 1 saturated heterocycles. The van der Waals surface area contributed by atoms with E-state index in [4.69, 9.17) is 4.74 Å². The molecule has 1 fully saturated rings. The highest BCUT2D eigenvalue weighted by Crippen LogP contribution is 2.22. The Morgan fingerprint density at radius 1 is 1.45 bits per heavy atom. The van der Waals surface area contributed by atoms with Crippen LogP contribution >= 0.6 is 0 Å². The molecule has 1 aliphatic heterocycles. The van der Waals surface area contributed by atoms with Gasteiger partial charge in [-0.05, 0) is 12.1 Å². The predicted molar refractivity (Wildman–Crippen MR) is 79.4 cm³/mol. The number of carbonyl (C=O) groups is 1. The van der Waals surface area contributed by atoms with Crippen molar-refractivity contribution in [3.05, 3.63) is 35.9 Å². The van der Waals surface area contributed by atoms with Crippen molar-refractivity contribution in [1.82, 2.24) is 10.2 Å². The van der Waals surface area contributed by atoms with Crippen molar-refractivity contribution < 1.29 is 9.53 Å². The second-order valence-corrected chi connectivity index (χ2v) is 5.26. The van der Waals surface area contributed by atoms with E-state index in [1.165, 1.54) is 0 Å². The lowest BCUT2D eigenvalue weighted by atomic mass is 10.1. The van der Waals surface area contributed by atoms with Crippen molar-refractivity contribution in [2.45, 2.75) is 20.0 Å². The summed E-state index contributed by atoms with van der Waals surface area (Å²) in [5.41, 5.74) is 1.14. The molecular formula is C16H24N2O2. The topological polar surface area (TPSA) is 41.6 Å². The van der Waals surface area contributed by atoms with Gasteiger partial charge >= 0.3 is 0 Å². The van der Waals surface area contributed by atoms with Gasteiger partial charge in [0.1, 0.15) is 6.10 Å². The Bertz CT molecular complexity index is 422. The number of hydrogen-bond acceptors (Lipinski definition) is 3. The van der Waals surface area contributed by atoms with Crippen molar-refractivity contribution >= 4 is 5.91 Å². The molecule has 2 unspecified atom stereocenters. The largest absolute Gasteiger partial charge is 0.370 e. The van der Waals surface area contributed by atoms with E-state index in [1.807, 2.05) is 30.0 Å². The first-order valence-electron chi connectivity index (χ1n) is 7.38. The van der Waals surface area contributed by atoms with Gasteiger partial charge in [0.05, 0.1) is 13.2 Å². The first-order chi connectivity index (χ1) is 9.72. The first kappa shape index (κ1) is 15.0. The SMILES string of the molecule is CCNCC(C)C(=O)N1CCOC(c2ccccc2)C1. The molecule has 0 saturated carbocycles. The summed E-state index contributed by atoms with van der Waals surface area (Å²) in [7, 11) is 0. The Morgan fingerprint density at radius 3 is 2.90 bits per heavy atom. The zero-order chi connectivity index (χ0) is 14.4. The van der Waals surface area contributed by atoms with Gasteiger partial charge in [0, 0.05) is 19.0 Å². The molecule has 1 aromatic rings. The van der Waals surface area contributed by atoms with Gasteiger partial charge in [0.25, 0.3) is 0 Å². The maximum Gasteiger partial charge on any atom is 0.226 e. The van der Waals surface area contributed by atoms with E-state index in [0.29, 0.717) is 19.7 Å². The molecule has 20 heavy (non-hydrogen) atoms. The summed E-state index contributed by atoms with van der Waals surface area (Å²) in [6.07, 6.45) is 0.000217. The molecule has 0 radical (unpaired) electrons. The van der Waals surface area contributed by atoms with Crippen molar-refractivity contribution in [2.24, 2.45) is 5.92 Å². The third-order valence-corrected chi connectivity index (χ3v) is 3.67. The lowest BCUT2D eigenvalue weighted by molar-refractivity contribution is -0.142. The number of benzene rings is 1. The minimum absolute atomic E-state index is 0.000217. The van der Waals surface area contributed by atoms with Crippen LogP contribution in [0.5, 0.6) is 0 Å². The number of ether oxygens (including phenoxy) is 1. The van der Waals surface area contributed by atoms with E-state index in [1.54, 1.807) is 0 Å². The number of carbonyl (C=O) groups excluding carboxylic acids is 1. The van der Waals surface area contributed by atoms with Crippen LogP contribution < -0.4 is 5.32 Å². The van der Waals surface area contributed by atoms with Crippen LogP contribution in [0.15, 0.2) is 30.3 Å². The lowest BCUT2D eigenvalue weighted by Crippen LogP contribution is -2.46. The molecule has 4 nitrogen and oxygen atoms in total. The Kier molecular flexibility index (Phi) is 5.56. The maximum atomic E-state index is 12.4. The van der Waals surface area contributed by atoms with Crippen molar-refractivity contribution in [1.29, 1.82) is 0 Å². The smallest absolute Gasteiger partial charge is 0.226 e. The van der Waals surface area contributed by atoms with Crippen LogP contribution in [-0.2, 0) is 9.53 Å². The van der Waals surface area contributed by atoms with Crippen LogP contribution in [0.4, 0.5) is 0 Å². The van der Waals surface area contributed by atoms with Gasteiger partial charge < -0.3 is 15.0 Å². The standard InChI is InChI=1S/C16H24N2O2/c1-3-17-11-13(2)16(19)18-9-10-20-15(12-18)14-7-5-4-6-8-14/h4-8,13,15,17H,3,9-12H2,1-2H3. The van der Waals surface area contributed by atoms with E-state index in [2.05, 4.69) is 24.4 Å². The Morgan fingerprint density at radius 2 is 2.20 bits per heavy atom. The average molecular weight is 276 g/mol. The van der Waals surface area contributed by atoms with Gasteiger partial charge in [0.2, 0.25) is 5.91 Å². The van der Waals surface area contributed by atoms with E-state index >= 15 is 0 Å². The molecule has 1 amide bonds. The lowest BCUT2D eigenvalue weighted by Gasteiger charge is -2.34. The van der Waals surface area contributed by atoms with Gasteiger partial charge in [-0.25, -0.2) is 0 Å². The molecule has 110 valence electrons. The highest BCUT2D eigenvalue weighted by Gasteiger charge is 2.27. The number of hydrogen-bond donors (Lipinski definition) is 1. The van der Waals surface area contributed by atoms with Gasteiger partial charge in [-0.3, -0.25) is 4.79 Å². The summed E-state index contributed by atoms with van der Waals surface area (Å²) in [5, 5.41) is 3.23. The zero-order valence-corrected chi connectivity index (χ0v) is 12.3. The fraction of sp³-hybridized carbons (Fsp3) is 0.562. The molecule has 1 aromatic carbocycles. The van der Waals surface area contributed by atoms with Gasteiger partial charge in [-0.15, -0.1) is 0 Å². The molecular weight excluding hydrogens is 252 g/mol. The molecule has 1 aliphatic rings. The number of morpholine rings is 1. The third-order valence-electron chi connectivity index (χ3n) is 3.67. The molecule has 4 heteroatoms. The maximum absolute atomic E-state index is 12.4. The van der Waals surface area contributed by atoms with Crippen LogP contribution in [-0.4, -0.2) is 43.6 Å². The predicted octanol–water partition coefficient (Wildman–Crippen LogP) is 1.83. The summed E-state index contributed by atoms with van der Waals surface area (Å²) >= 11 is 0. The van der Waals surface area contributed by atoms with Gasteiger partial charge in [0.15, 0.2) is 0 Å². The van der Waals surface area contributed by atoms with Crippen LogP contribution in [0.1, 0.15) is 25.5 Å². The molecule has 1 N–H and O–H groups in total. The molecule has 1 heterocycles. The fourth-order valence-electron chi connectivity index (χ4n) is 2.48. The molecule has 2 rings (SSSR count). The zero-order valence-electron chi connectivity index (χ0n) is 12.3. The molecule has 2 atom stereocenters. The quantitative estimate of drug-likeness (QED) is 0.892. The summed E-state index contributed by atoms with van der Waals surface area (Å²) in [5.74, 6) is 0.236. The number of rotatable bonds is 5. The normalized spacial score (nSPS) is 20.7. The second-order valence-electron chi connectivity index (χ2n) is 5.26.